The minimum atomic E-state index is 0.348. The molecule has 0 heterocycles. The smallest absolute Gasteiger partial charge is 0.314 e. The third-order valence-electron chi connectivity index (χ3n) is 2.28. The van der Waals surface area contributed by atoms with Crippen LogP contribution < -0.4 is 0 Å². The molecule has 1 rings (SSSR count). The van der Waals surface area contributed by atoms with Crippen molar-refractivity contribution >= 4 is 5.71 Å². The minimum Gasteiger partial charge on any atom is -0.361 e. The Morgan fingerprint density at radius 3 is 2.23 bits per heavy atom. The molecule has 0 aromatic rings. The van der Waals surface area contributed by atoms with Gasteiger partial charge < -0.3 is 5.53 Å². The zero-order valence-corrected chi connectivity index (χ0v) is 8.14. The lowest BCUT2D eigenvalue weighted by atomic mass is 10.1. The molecule has 0 aliphatic heterocycles. The average molecular weight is 177 g/mol. The van der Waals surface area contributed by atoms with Crippen molar-refractivity contribution in [1.29, 1.82) is 0 Å². The van der Waals surface area contributed by atoms with Crippen molar-refractivity contribution in [1.82, 2.24) is 4.90 Å². The number of hydrogen-bond donors (Lipinski definition) is 0. The molecule has 1 aliphatic carbocycles. The van der Waals surface area contributed by atoms with Crippen LogP contribution in [0.3, 0.4) is 0 Å². The Kier molecular flexibility index (Phi) is 3.62. The highest BCUT2D eigenvalue weighted by molar-refractivity contribution is 6.00. The second kappa shape index (κ2) is 4.75. The Morgan fingerprint density at radius 1 is 1.31 bits per heavy atom. The zero-order chi connectivity index (χ0) is 9.68. The van der Waals surface area contributed by atoms with Crippen LogP contribution in [0.1, 0.15) is 13.8 Å². The van der Waals surface area contributed by atoms with E-state index in [1.165, 1.54) is 0 Å². The summed E-state index contributed by atoms with van der Waals surface area (Å²) in [5.74, 6) is 0. The van der Waals surface area contributed by atoms with Crippen LogP contribution in [-0.2, 0) is 0 Å². The summed E-state index contributed by atoms with van der Waals surface area (Å²) >= 11 is 0. The molecule has 70 valence electrons. The summed E-state index contributed by atoms with van der Waals surface area (Å²) < 4.78 is 0. The van der Waals surface area contributed by atoms with E-state index in [4.69, 9.17) is 5.53 Å². The molecular formula is C10H15N3. The van der Waals surface area contributed by atoms with Gasteiger partial charge >= 0.3 is 5.71 Å². The highest BCUT2D eigenvalue weighted by Gasteiger charge is 2.13. The Bertz CT molecular complexity index is 252. The molecule has 0 spiro atoms. The van der Waals surface area contributed by atoms with E-state index in [0.29, 0.717) is 11.8 Å². The second-order valence-corrected chi connectivity index (χ2v) is 2.95. The molecule has 3 nitrogen and oxygen atoms in total. The molecule has 0 aromatic carbocycles. The van der Waals surface area contributed by atoms with Gasteiger partial charge in [-0.15, -0.1) is 0 Å². The Morgan fingerprint density at radius 2 is 1.85 bits per heavy atom. The van der Waals surface area contributed by atoms with Crippen LogP contribution in [-0.4, -0.2) is 34.5 Å². The summed E-state index contributed by atoms with van der Waals surface area (Å²) in [4.78, 5) is 5.44. The fourth-order valence-electron chi connectivity index (χ4n) is 1.47. The van der Waals surface area contributed by atoms with E-state index in [-0.39, 0.29) is 0 Å². The molecular weight excluding hydrogens is 162 g/mol. The molecule has 0 saturated carbocycles. The van der Waals surface area contributed by atoms with Gasteiger partial charge in [-0.2, -0.15) is 4.79 Å². The van der Waals surface area contributed by atoms with Crippen molar-refractivity contribution < 1.29 is 4.79 Å². The number of hydrogen-bond acceptors (Lipinski definition) is 1. The largest absolute Gasteiger partial charge is 0.361 e. The zero-order valence-electron chi connectivity index (χ0n) is 8.14. The molecule has 0 N–H and O–H groups in total. The maximum absolute atomic E-state index is 8.50. The van der Waals surface area contributed by atoms with Crippen molar-refractivity contribution in [3.63, 3.8) is 0 Å². The molecule has 0 amide bonds. The van der Waals surface area contributed by atoms with Crippen LogP contribution in [0, 0.1) is 0 Å². The summed E-state index contributed by atoms with van der Waals surface area (Å²) in [6.07, 6.45) is 7.76. The van der Waals surface area contributed by atoms with E-state index in [1.54, 1.807) is 0 Å². The normalized spacial score (nSPS) is 20.8. The monoisotopic (exact) mass is 177 g/mol. The molecule has 3 heteroatoms. The fourth-order valence-corrected chi connectivity index (χ4v) is 1.47. The Balaban J connectivity index is 2.67. The molecule has 0 radical (unpaired) electrons. The minimum absolute atomic E-state index is 0.348. The summed E-state index contributed by atoms with van der Waals surface area (Å²) in [5.41, 5.74) is 9.12. The lowest BCUT2D eigenvalue weighted by molar-refractivity contribution is -0.00173. The van der Waals surface area contributed by atoms with E-state index in [9.17, 15) is 0 Å². The quantitative estimate of drug-likeness (QED) is 0.475. The van der Waals surface area contributed by atoms with Crippen LogP contribution in [0.2, 0.25) is 0 Å². The topological polar surface area (TPSA) is 39.6 Å². The van der Waals surface area contributed by atoms with Crippen molar-refractivity contribution in [3.8, 4) is 0 Å². The van der Waals surface area contributed by atoms with Gasteiger partial charge in [0.25, 0.3) is 0 Å². The molecule has 0 saturated heterocycles. The predicted octanol–water partition coefficient (Wildman–Crippen LogP) is 1.49. The molecule has 13 heavy (non-hydrogen) atoms. The van der Waals surface area contributed by atoms with Crippen LogP contribution in [0.25, 0.3) is 5.53 Å². The number of likely N-dealkylation sites (N-methyl/N-ethyl adjacent to an activating group) is 1. The molecule has 0 bridgehead atoms. The van der Waals surface area contributed by atoms with Crippen LogP contribution in [0.5, 0.6) is 0 Å². The van der Waals surface area contributed by atoms with Gasteiger partial charge in [-0.1, -0.05) is 26.0 Å². The predicted molar refractivity (Wildman–Crippen MR) is 53.6 cm³/mol. The third kappa shape index (κ3) is 2.38. The van der Waals surface area contributed by atoms with Gasteiger partial charge in [0.05, 0.1) is 0 Å². The van der Waals surface area contributed by atoms with Crippen LogP contribution in [0.15, 0.2) is 24.3 Å². The summed E-state index contributed by atoms with van der Waals surface area (Å²) in [6.45, 7) is 6.34. The first-order chi connectivity index (χ1) is 6.31. The van der Waals surface area contributed by atoms with E-state index in [0.717, 1.165) is 13.1 Å². The standard InChI is InChI=1S/C10H15N3/c1-3-13(4-2)10-7-5-9(12-11)6-8-10/h5-8,10H,3-4H2,1-2H3. The summed E-state index contributed by atoms with van der Waals surface area (Å²) in [6, 6.07) is 0.348. The van der Waals surface area contributed by atoms with Gasteiger partial charge in [0, 0.05) is 18.2 Å². The van der Waals surface area contributed by atoms with Gasteiger partial charge in [0.2, 0.25) is 0 Å². The molecule has 0 aromatic heterocycles. The van der Waals surface area contributed by atoms with E-state index < -0.39 is 0 Å². The highest BCUT2D eigenvalue weighted by Crippen LogP contribution is 2.07. The summed E-state index contributed by atoms with van der Waals surface area (Å²) in [7, 11) is 0. The van der Waals surface area contributed by atoms with Gasteiger partial charge in [-0.05, 0) is 13.1 Å². The number of nitrogens with zero attached hydrogens (tertiary/aromatic N) is 3. The summed E-state index contributed by atoms with van der Waals surface area (Å²) in [5, 5.41) is 0. The first kappa shape index (κ1) is 9.90. The first-order valence-electron chi connectivity index (χ1n) is 4.64. The third-order valence-corrected chi connectivity index (χ3v) is 2.28. The lowest BCUT2D eigenvalue weighted by Crippen LogP contribution is -2.33. The molecule has 1 aliphatic rings. The first-order valence-corrected chi connectivity index (χ1v) is 4.64. The van der Waals surface area contributed by atoms with Crippen molar-refractivity contribution in [3.05, 3.63) is 29.8 Å². The van der Waals surface area contributed by atoms with Crippen molar-refractivity contribution in [2.45, 2.75) is 19.9 Å². The van der Waals surface area contributed by atoms with Gasteiger partial charge in [0.15, 0.2) is 0 Å². The SMILES string of the molecule is CCN(CC)C1C=CC(=[N+]=[N-])C=C1. The molecule has 0 fully saturated rings. The van der Waals surface area contributed by atoms with Crippen molar-refractivity contribution in [2.24, 2.45) is 0 Å². The van der Waals surface area contributed by atoms with Crippen molar-refractivity contribution in [2.75, 3.05) is 13.1 Å². The van der Waals surface area contributed by atoms with Crippen LogP contribution >= 0.6 is 0 Å². The maximum atomic E-state index is 8.50. The van der Waals surface area contributed by atoms with Gasteiger partial charge in [0.1, 0.15) is 0 Å². The second-order valence-electron chi connectivity index (χ2n) is 2.95. The maximum Gasteiger partial charge on any atom is 0.314 e. The highest BCUT2D eigenvalue weighted by atomic mass is 15.1. The Hall–Kier alpha value is -1.18. The van der Waals surface area contributed by atoms with Gasteiger partial charge in [-0.25, -0.2) is 0 Å². The molecule has 0 atom stereocenters. The van der Waals surface area contributed by atoms with Gasteiger partial charge in [-0.3, -0.25) is 4.90 Å². The number of allylic oxidation sites excluding steroid dienone is 2. The lowest BCUT2D eigenvalue weighted by Gasteiger charge is -2.24. The average Bonchev–Trinajstić information content (AvgIpc) is 2.21. The Labute approximate surface area is 79.0 Å². The molecule has 0 unspecified atom stereocenters. The number of rotatable bonds is 3. The van der Waals surface area contributed by atoms with E-state index >= 15 is 0 Å². The van der Waals surface area contributed by atoms with E-state index in [1.807, 2.05) is 24.3 Å². The fraction of sp³-hybridized carbons (Fsp3) is 0.500. The van der Waals surface area contributed by atoms with Crippen LogP contribution in [0.4, 0.5) is 0 Å². The van der Waals surface area contributed by atoms with E-state index in [2.05, 4.69) is 23.5 Å².